The number of rotatable bonds is 6. The second kappa shape index (κ2) is 9.56. The lowest BCUT2D eigenvalue weighted by Crippen LogP contribution is -2.57. The summed E-state index contributed by atoms with van der Waals surface area (Å²) in [5.74, 6) is 1.26. The second-order valence-electron chi connectivity index (χ2n) is 8.60. The number of aromatic nitrogens is 2. The lowest BCUT2D eigenvalue weighted by molar-refractivity contribution is -0.130. The summed E-state index contributed by atoms with van der Waals surface area (Å²) in [5, 5.41) is 17.0. The SMILES string of the molecule is COc1ccc(CNC(=O)Nc2cc(-c3ccccc3)nn2C2NC(=O)C3CCCC3N2)cc1. The van der Waals surface area contributed by atoms with E-state index in [1.165, 1.54) is 0 Å². The van der Waals surface area contributed by atoms with Gasteiger partial charge >= 0.3 is 6.03 Å². The highest BCUT2D eigenvalue weighted by atomic mass is 16.5. The van der Waals surface area contributed by atoms with Crippen molar-refractivity contribution in [1.82, 2.24) is 25.7 Å². The number of benzene rings is 2. The first-order valence-electron chi connectivity index (χ1n) is 11.5. The maximum atomic E-state index is 12.7. The molecular formula is C25H28N6O3. The van der Waals surface area contributed by atoms with Crippen LogP contribution in [0.2, 0.25) is 0 Å². The van der Waals surface area contributed by atoms with Crippen LogP contribution < -0.4 is 26.0 Å². The number of carbonyl (C=O) groups is 2. The van der Waals surface area contributed by atoms with Crippen LogP contribution in [0.5, 0.6) is 5.75 Å². The van der Waals surface area contributed by atoms with Gasteiger partial charge in [-0.15, -0.1) is 0 Å². The van der Waals surface area contributed by atoms with Gasteiger partial charge in [0, 0.05) is 24.2 Å². The number of nitrogens with zero attached hydrogens (tertiary/aromatic N) is 2. The average molecular weight is 461 g/mol. The standard InChI is InChI=1S/C25H28N6O3/c1-34-18-12-10-16(11-13-18)15-26-25(33)28-22-14-21(17-6-3-2-4-7-17)30-31(22)24-27-20-9-5-8-19(20)23(32)29-24/h2-4,6-7,10-14,19-20,24,27H,5,8-9,15H2,1H3,(H,29,32)(H2,26,28,33). The van der Waals surface area contributed by atoms with Crippen molar-refractivity contribution in [2.75, 3.05) is 12.4 Å². The third-order valence-corrected chi connectivity index (χ3v) is 6.41. The number of ether oxygens (including phenoxy) is 1. The van der Waals surface area contributed by atoms with Crippen LogP contribution in [0.1, 0.15) is 31.1 Å². The number of amides is 3. The maximum Gasteiger partial charge on any atom is 0.320 e. The third-order valence-electron chi connectivity index (χ3n) is 6.41. The Morgan fingerprint density at radius 3 is 2.71 bits per heavy atom. The van der Waals surface area contributed by atoms with Gasteiger partial charge in [0.15, 0.2) is 6.29 Å². The van der Waals surface area contributed by atoms with Crippen LogP contribution in [-0.2, 0) is 11.3 Å². The summed E-state index contributed by atoms with van der Waals surface area (Å²) < 4.78 is 6.81. The Kier molecular flexibility index (Phi) is 6.18. The van der Waals surface area contributed by atoms with Gasteiger partial charge in [0.05, 0.1) is 18.7 Å². The van der Waals surface area contributed by atoms with Gasteiger partial charge in [0.2, 0.25) is 5.91 Å². The fourth-order valence-electron chi connectivity index (χ4n) is 4.61. The molecule has 0 radical (unpaired) electrons. The molecule has 2 fully saturated rings. The minimum atomic E-state index is -0.541. The third kappa shape index (κ3) is 4.60. The molecule has 34 heavy (non-hydrogen) atoms. The zero-order chi connectivity index (χ0) is 23.5. The molecule has 1 aliphatic carbocycles. The maximum absolute atomic E-state index is 12.7. The Bertz CT molecular complexity index is 1160. The Morgan fingerprint density at radius 1 is 1.15 bits per heavy atom. The molecule has 3 unspecified atom stereocenters. The van der Waals surface area contributed by atoms with Crippen LogP contribution >= 0.6 is 0 Å². The van der Waals surface area contributed by atoms with Crippen LogP contribution in [0.15, 0.2) is 60.7 Å². The summed E-state index contributed by atoms with van der Waals surface area (Å²) in [7, 11) is 1.62. The summed E-state index contributed by atoms with van der Waals surface area (Å²) in [6.45, 7) is 0.359. The molecule has 3 atom stereocenters. The number of urea groups is 1. The predicted octanol–water partition coefficient (Wildman–Crippen LogP) is 3.22. The molecular weight excluding hydrogens is 432 g/mol. The molecule has 2 aromatic carbocycles. The lowest BCUT2D eigenvalue weighted by atomic mass is 10.0. The molecule has 3 aromatic rings. The van der Waals surface area contributed by atoms with E-state index in [0.29, 0.717) is 18.1 Å². The number of nitrogens with one attached hydrogen (secondary N) is 4. The lowest BCUT2D eigenvalue weighted by Gasteiger charge is -2.34. The van der Waals surface area contributed by atoms with E-state index in [1.54, 1.807) is 11.8 Å². The Morgan fingerprint density at radius 2 is 1.94 bits per heavy atom. The topological polar surface area (TPSA) is 109 Å². The molecule has 1 aliphatic heterocycles. The number of fused-ring (bicyclic) bond motifs is 1. The zero-order valence-electron chi connectivity index (χ0n) is 19.0. The van der Waals surface area contributed by atoms with E-state index in [1.807, 2.05) is 60.7 Å². The van der Waals surface area contributed by atoms with Crippen LogP contribution in [0.3, 0.4) is 0 Å². The van der Waals surface area contributed by atoms with Crippen molar-refractivity contribution in [2.45, 2.75) is 38.1 Å². The average Bonchev–Trinajstić information content (AvgIpc) is 3.51. The molecule has 1 aromatic heterocycles. The number of anilines is 1. The zero-order valence-corrected chi connectivity index (χ0v) is 19.0. The van der Waals surface area contributed by atoms with Crippen molar-refractivity contribution < 1.29 is 14.3 Å². The normalized spacial score (nSPS) is 21.4. The van der Waals surface area contributed by atoms with Crippen LogP contribution in [0.25, 0.3) is 11.3 Å². The van der Waals surface area contributed by atoms with E-state index >= 15 is 0 Å². The van der Waals surface area contributed by atoms with Gasteiger partial charge in [0.1, 0.15) is 11.6 Å². The van der Waals surface area contributed by atoms with Crippen molar-refractivity contribution in [2.24, 2.45) is 5.92 Å². The van der Waals surface area contributed by atoms with Gasteiger partial charge in [-0.3, -0.25) is 15.4 Å². The molecule has 9 heteroatoms. The van der Waals surface area contributed by atoms with E-state index < -0.39 is 6.29 Å². The van der Waals surface area contributed by atoms with E-state index in [2.05, 4.69) is 21.3 Å². The summed E-state index contributed by atoms with van der Waals surface area (Å²) in [6.07, 6.45) is 2.33. The molecule has 2 heterocycles. The molecule has 1 saturated heterocycles. The number of hydrogen-bond donors (Lipinski definition) is 4. The summed E-state index contributed by atoms with van der Waals surface area (Å²) in [5.41, 5.74) is 2.57. The van der Waals surface area contributed by atoms with Gasteiger partial charge < -0.3 is 15.4 Å². The predicted molar refractivity (Wildman–Crippen MR) is 128 cm³/mol. The molecule has 0 bridgehead atoms. The molecule has 3 amide bonds. The highest BCUT2D eigenvalue weighted by Gasteiger charge is 2.40. The first-order chi connectivity index (χ1) is 16.6. The van der Waals surface area contributed by atoms with Crippen molar-refractivity contribution in [3.8, 4) is 17.0 Å². The minimum Gasteiger partial charge on any atom is -0.497 e. The van der Waals surface area contributed by atoms with Gasteiger partial charge in [-0.25, -0.2) is 9.48 Å². The molecule has 5 rings (SSSR count). The number of carbonyl (C=O) groups excluding carboxylic acids is 2. The summed E-state index contributed by atoms with van der Waals surface area (Å²) in [6, 6.07) is 18.8. The largest absolute Gasteiger partial charge is 0.497 e. The van der Waals surface area contributed by atoms with Crippen LogP contribution in [-0.4, -0.2) is 34.9 Å². The van der Waals surface area contributed by atoms with Crippen LogP contribution in [0.4, 0.5) is 10.6 Å². The van der Waals surface area contributed by atoms with Gasteiger partial charge in [-0.2, -0.15) is 5.10 Å². The molecule has 4 N–H and O–H groups in total. The van der Waals surface area contributed by atoms with Gasteiger partial charge in [-0.05, 0) is 30.5 Å². The van der Waals surface area contributed by atoms with E-state index in [4.69, 9.17) is 9.84 Å². The first-order valence-corrected chi connectivity index (χ1v) is 11.5. The first kappa shape index (κ1) is 22.0. The fourth-order valence-corrected chi connectivity index (χ4v) is 4.61. The summed E-state index contributed by atoms with van der Waals surface area (Å²) >= 11 is 0. The van der Waals surface area contributed by atoms with E-state index in [0.717, 1.165) is 36.1 Å². The van der Waals surface area contributed by atoms with Gasteiger partial charge in [-0.1, -0.05) is 48.9 Å². The highest BCUT2D eigenvalue weighted by Crippen LogP contribution is 2.31. The van der Waals surface area contributed by atoms with Crippen molar-refractivity contribution >= 4 is 17.8 Å². The number of methoxy groups -OCH3 is 1. The Labute approximate surface area is 197 Å². The monoisotopic (exact) mass is 460 g/mol. The minimum absolute atomic E-state index is 0.00962. The highest BCUT2D eigenvalue weighted by molar-refractivity contribution is 5.89. The smallest absolute Gasteiger partial charge is 0.320 e. The second-order valence-corrected chi connectivity index (χ2v) is 8.60. The van der Waals surface area contributed by atoms with E-state index in [-0.39, 0.29) is 23.9 Å². The molecule has 2 aliphatic rings. The molecule has 0 spiro atoms. The van der Waals surface area contributed by atoms with Gasteiger partial charge in [0.25, 0.3) is 0 Å². The molecule has 176 valence electrons. The Hall–Kier alpha value is -3.85. The van der Waals surface area contributed by atoms with Crippen molar-refractivity contribution in [3.05, 3.63) is 66.2 Å². The summed E-state index contributed by atoms with van der Waals surface area (Å²) in [4.78, 5) is 25.4. The quantitative estimate of drug-likeness (QED) is 0.452. The Balaban J connectivity index is 1.35. The van der Waals surface area contributed by atoms with Crippen molar-refractivity contribution in [3.63, 3.8) is 0 Å². The van der Waals surface area contributed by atoms with Crippen LogP contribution in [0, 0.1) is 5.92 Å². The fraction of sp³-hybridized carbons (Fsp3) is 0.320. The molecule has 1 saturated carbocycles. The molecule has 9 nitrogen and oxygen atoms in total. The number of hydrogen-bond acceptors (Lipinski definition) is 5. The van der Waals surface area contributed by atoms with E-state index in [9.17, 15) is 9.59 Å². The van der Waals surface area contributed by atoms with Crippen molar-refractivity contribution in [1.29, 1.82) is 0 Å².